The first kappa shape index (κ1) is 16.0. The van der Waals surface area contributed by atoms with E-state index in [1.165, 1.54) is 0 Å². The van der Waals surface area contributed by atoms with Gasteiger partial charge in [0, 0.05) is 28.8 Å². The molecule has 0 aromatic heterocycles. The van der Waals surface area contributed by atoms with Crippen molar-refractivity contribution in [3.63, 3.8) is 0 Å². The fourth-order valence-electron chi connectivity index (χ4n) is 2.03. The lowest BCUT2D eigenvalue weighted by Crippen LogP contribution is -2.29. The predicted molar refractivity (Wildman–Crippen MR) is 86.2 cm³/mol. The third kappa shape index (κ3) is 4.84. The van der Waals surface area contributed by atoms with Crippen molar-refractivity contribution in [2.75, 3.05) is 38.6 Å². The van der Waals surface area contributed by atoms with Crippen LogP contribution in [-0.4, -0.2) is 44.5 Å². The first-order chi connectivity index (χ1) is 8.95. The van der Waals surface area contributed by atoms with Crippen LogP contribution in [0.15, 0.2) is 22.7 Å². The molecule has 0 fully saturated rings. The maximum absolute atomic E-state index is 7.71. The number of benzene rings is 1. The molecule has 0 aliphatic rings. The smallest absolute Gasteiger partial charge is 0.124 e. The zero-order valence-corrected chi connectivity index (χ0v) is 13.5. The van der Waals surface area contributed by atoms with Crippen molar-refractivity contribution in [2.45, 2.75) is 13.3 Å². The van der Waals surface area contributed by atoms with E-state index in [9.17, 15) is 0 Å². The van der Waals surface area contributed by atoms with E-state index in [0.717, 1.165) is 41.8 Å². The summed E-state index contributed by atoms with van der Waals surface area (Å²) in [6.07, 6.45) is 1.09. The minimum atomic E-state index is 0.113. The van der Waals surface area contributed by atoms with Gasteiger partial charge in [-0.1, -0.05) is 15.9 Å². The topological polar surface area (TPSA) is 56.4 Å². The summed E-state index contributed by atoms with van der Waals surface area (Å²) in [5.74, 6) is 0.113. The normalized spacial score (nSPS) is 10.8. The Hall–Kier alpha value is -1.07. The van der Waals surface area contributed by atoms with Gasteiger partial charge in [-0.3, -0.25) is 5.41 Å². The van der Waals surface area contributed by atoms with Crippen molar-refractivity contribution in [1.29, 1.82) is 5.41 Å². The van der Waals surface area contributed by atoms with Crippen LogP contribution in [0, 0.1) is 5.41 Å². The van der Waals surface area contributed by atoms with Crippen LogP contribution in [0.25, 0.3) is 0 Å². The van der Waals surface area contributed by atoms with Gasteiger partial charge < -0.3 is 15.5 Å². The average Bonchev–Trinajstić information content (AvgIpc) is 2.34. The zero-order valence-electron chi connectivity index (χ0n) is 11.9. The molecule has 19 heavy (non-hydrogen) atoms. The third-order valence-electron chi connectivity index (χ3n) is 3.00. The largest absolute Gasteiger partial charge is 0.384 e. The fraction of sp³-hybridized carbons (Fsp3) is 0.500. The van der Waals surface area contributed by atoms with E-state index in [1.54, 1.807) is 0 Å². The Kier molecular flexibility index (Phi) is 6.31. The van der Waals surface area contributed by atoms with E-state index in [1.807, 2.05) is 18.2 Å². The molecular weight excluding hydrogens is 304 g/mol. The van der Waals surface area contributed by atoms with Gasteiger partial charge in [-0.15, -0.1) is 0 Å². The Morgan fingerprint density at radius 2 is 2.00 bits per heavy atom. The zero-order chi connectivity index (χ0) is 14.4. The lowest BCUT2D eigenvalue weighted by Gasteiger charge is -2.26. The Bertz CT molecular complexity index is 431. The van der Waals surface area contributed by atoms with E-state index in [2.05, 4.69) is 46.7 Å². The third-order valence-corrected chi connectivity index (χ3v) is 3.50. The molecule has 0 atom stereocenters. The van der Waals surface area contributed by atoms with E-state index >= 15 is 0 Å². The van der Waals surface area contributed by atoms with Crippen molar-refractivity contribution < 1.29 is 0 Å². The van der Waals surface area contributed by atoms with E-state index in [-0.39, 0.29) is 5.84 Å². The van der Waals surface area contributed by atoms with Gasteiger partial charge in [0.05, 0.1) is 0 Å². The summed E-state index contributed by atoms with van der Waals surface area (Å²) in [5, 5.41) is 7.71. The molecule has 0 radical (unpaired) electrons. The number of nitrogens with two attached hydrogens (primary N) is 1. The van der Waals surface area contributed by atoms with Crippen LogP contribution in [0.4, 0.5) is 5.69 Å². The Morgan fingerprint density at radius 1 is 1.32 bits per heavy atom. The lowest BCUT2D eigenvalue weighted by atomic mass is 10.1. The van der Waals surface area contributed by atoms with Gasteiger partial charge in [0.25, 0.3) is 0 Å². The van der Waals surface area contributed by atoms with Crippen LogP contribution in [0.3, 0.4) is 0 Å². The number of nitrogens with zero attached hydrogens (tertiary/aromatic N) is 2. The Balaban J connectivity index is 2.88. The maximum Gasteiger partial charge on any atom is 0.124 e. The molecular formula is C14H23BrN4. The highest BCUT2D eigenvalue weighted by Crippen LogP contribution is 2.24. The van der Waals surface area contributed by atoms with Crippen molar-refractivity contribution in [3.8, 4) is 0 Å². The quantitative estimate of drug-likeness (QED) is 0.598. The summed E-state index contributed by atoms with van der Waals surface area (Å²) >= 11 is 3.43. The molecule has 1 aromatic carbocycles. The van der Waals surface area contributed by atoms with Gasteiger partial charge in [-0.2, -0.15) is 0 Å². The molecule has 0 aliphatic carbocycles. The van der Waals surface area contributed by atoms with Crippen LogP contribution in [0.5, 0.6) is 0 Å². The molecule has 0 heterocycles. The number of nitrogens with one attached hydrogen (secondary N) is 1. The van der Waals surface area contributed by atoms with Crippen LogP contribution in [-0.2, 0) is 0 Å². The van der Waals surface area contributed by atoms with Crippen molar-refractivity contribution in [1.82, 2.24) is 4.90 Å². The Morgan fingerprint density at radius 3 is 2.53 bits per heavy atom. The molecule has 3 N–H and O–H groups in total. The monoisotopic (exact) mass is 326 g/mol. The second kappa shape index (κ2) is 7.50. The summed E-state index contributed by atoms with van der Waals surface area (Å²) in [6.45, 7) is 5.07. The van der Waals surface area contributed by atoms with Gasteiger partial charge in [-0.25, -0.2) is 0 Å². The lowest BCUT2D eigenvalue weighted by molar-refractivity contribution is 0.400. The first-order valence-electron chi connectivity index (χ1n) is 6.49. The van der Waals surface area contributed by atoms with Gasteiger partial charge in [0.15, 0.2) is 0 Å². The number of hydrogen-bond acceptors (Lipinski definition) is 3. The number of halogens is 1. The second-order valence-corrected chi connectivity index (χ2v) is 5.73. The Labute approximate surface area is 124 Å². The second-order valence-electron chi connectivity index (χ2n) is 4.81. The molecule has 106 valence electrons. The predicted octanol–water partition coefficient (Wildman–Crippen LogP) is 2.51. The molecule has 5 heteroatoms. The molecule has 0 aliphatic heterocycles. The molecule has 4 nitrogen and oxygen atoms in total. The van der Waals surface area contributed by atoms with E-state index < -0.39 is 0 Å². The number of amidine groups is 1. The standard InChI is InChI=1S/C14H23BrN4/c1-4-19(9-5-8-18(2)3)13-7-6-11(15)10-12(13)14(16)17/h6-7,10H,4-5,8-9H2,1-3H3,(H3,16,17). The highest BCUT2D eigenvalue weighted by atomic mass is 79.9. The molecule has 1 rings (SSSR count). The molecule has 1 aromatic rings. The minimum absolute atomic E-state index is 0.113. The van der Waals surface area contributed by atoms with Gasteiger partial charge >= 0.3 is 0 Å². The first-order valence-corrected chi connectivity index (χ1v) is 7.28. The molecule has 0 saturated carbocycles. The van der Waals surface area contributed by atoms with E-state index in [0.29, 0.717) is 0 Å². The molecule has 0 saturated heterocycles. The summed E-state index contributed by atoms with van der Waals surface area (Å²) in [6, 6.07) is 5.93. The van der Waals surface area contributed by atoms with Crippen LogP contribution < -0.4 is 10.6 Å². The SMILES string of the molecule is CCN(CCCN(C)C)c1ccc(Br)cc1C(=N)N. The van der Waals surface area contributed by atoms with Crippen molar-refractivity contribution >= 4 is 27.5 Å². The van der Waals surface area contributed by atoms with Crippen LogP contribution in [0.2, 0.25) is 0 Å². The maximum atomic E-state index is 7.71. The minimum Gasteiger partial charge on any atom is -0.384 e. The van der Waals surface area contributed by atoms with Crippen molar-refractivity contribution in [3.05, 3.63) is 28.2 Å². The molecule has 0 bridgehead atoms. The molecule has 0 amide bonds. The van der Waals surface area contributed by atoms with Crippen molar-refractivity contribution in [2.24, 2.45) is 5.73 Å². The summed E-state index contributed by atoms with van der Waals surface area (Å²) in [5.41, 5.74) is 7.51. The van der Waals surface area contributed by atoms with Crippen LogP contribution in [0.1, 0.15) is 18.9 Å². The summed E-state index contributed by atoms with van der Waals surface area (Å²) in [7, 11) is 4.16. The number of hydrogen-bond donors (Lipinski definition) is 2. The van der Waals surface area contributed by atoms with E-state index in [4.69, 9.17) is 11.1 Å². The number of nitrogen functional groups attached to an aromatic ring is 1. The highest BCUT2D eigenvalue weighted by Gasteiger charge is 2.12. The van der Waals surface area contributed by atoms with Gasteiger partial charge in [-0.05, 0) is 52.2 Å². The van der Waals surface area contributed by atoms with Crippen LogP contribution >= 0.6 is 15.9 Å². The average molecular weight is 327 g/mol. The van der Waals surface area contributed by atoms with Gasteiger partial charge in [0.2, 0.25) is 0 Å². The summed E-state index contributed by atoms with van der Waals surface area (Å²) < 4.78 is 0.950. The summed E-state index contributed by atoms with van der Waals surface area (Å²) in [4.78, 5) is 4.45. The highest BCUT2D eigenvalue weighted by molar-refractivity contribution is 9.10. The fourth-order valence-corrected chi connectivity index (χ4v) is 2.39. The molecule has 0 spiro atoms. The van der Waals surface area contributed by atoms with Gasteiger partial charge in [0.1, 0.15) is 5.84 Å². The molecule has 0 unspecified atom stereocenters. The number of anilines is 1. The number of rotatable bonds is 7.